The standard InChI is InChI=1S/C13H12ClN3/c1-10(11-2-4-12(14)5-3-11)16-17-13-6-8-15-9-7-13/h2-9H,1H3,(H,15,17). The maximum absolute atomic E-state index is 5.83. The van der Waals surface area contributed by atoms with Crippen molar-refractivity contribution < 1.29 is 0 Å². The molecule has 2 rings (SSSR count). The molecule has 1 heterocycles. The van der Waals surface area contributed by atoms with Crippen LogP contribution in [0, 0.1) is 0 Å². The number of hydrogen-bond acceptors (Lipinski definition) is 3. The maximum Gasteiger partial charge on any atom is 0.0648 e. The van der Waals surface area contributed by atoms with Crippen molar-refractivity contribution in [3.8, 4) is 0 Å². The summed E-state index contributed by atoms with van der Waals surface area (Å²) in [6.45, 7) is 1.94. The fourth-order valence-corrected chi connectivity index (χ4v) is 1.46. The minimum atomic E-state index is 0.726. The van der Waals surface area contributed by atoms with Gasteiger partial charge >= 0.3 is 0 Å². The minimum absolute atomic E-state index is 0.726. The summed E-state index contributed by atoms with van der Waals surface area (Å²) in [5.41, 5.74) is 5.82. The van der Waals surface area contributed by atoms with Crippen LogP contribution >= 0.6 is 11.6 Å². The Bertz CT molecular complexity index is 506. The van der Waals surface area contributed by atoms with Crippen LogP contribution in [0.4, 0.5) is 5.69 Å². The number of hydrazone groups is 1. The number of rotatable bonds is 3. The number of hydrogen-bond donors (Lipinski definition) is 1. The second-order valence-electron chi connectivity index (χ2n) is 3.55. The molecule has 1 N–H and O–H groups in total. The largest absolute Gasteiger partial charge is 0.278 e. The fraction of sp³-hybridized carbons (Fsp3) is 0.0769. The Morgan fingerprint density at radius 3 is 2.41 bits per heavy atom. The van der Waals surface area contributed by atoms with Crippen LogP contribution in [0.15, 0.2) is 53.9 Å². The van der Waals surface area contributed by atoms with Crippen LogP contribution < -0.4 is 5.43 Å². The average molecular weight is 246 g/mol. The molecule has 0 aliphatic rings. The molecule has 0 aliphatic carbocycles. The lowest BCUT2D eigenvalue weighted by Crippen LogP contribution is -1.99. The summed E-state index contributed by atoms with van der Waals surface area (Å²) in [6, 6.07) is 11.3. The molecule has 17 heavy (non-hydrogen) atoms. The van der Waals surface area contributed by atoms with Gasteiger partial charge in [-0.15, -0.1) is 0 Å². The van der Waals surface area contributed by atoms with Crippen molar-refractivity contribution in [3.63, 3.8) is 0 Å². The Balaban J connectivity index is 2.10. The quantitative estimate of drug-likeness (QED) is 0.663. The zero-order valence-electron chi connectivity index (χ0n) is 9.39. The molecule has 0 amide bonds. The first kappa shape index (κ1) is 11.6. The van der Waals surface area contributed by atoms with E-state index < -0.39 is 0 Å². The number of pyridine rings is 1. The van der Waals surface area contributed by atoms with Crippen molar-refractivity contribution in [2.45, 2.75) is 6.92 Å². The minimum Gasteiger partial charge on any atom is -0.278 e. The SMILES string of the molecule is CC(=NNc1ccncc1)c1ccc(Cl)cc1. The molecule has 0 unspecified atom stereocenters. The van der Waals surface area contributed by atoms with E-state index in [1.807, 2.05) is 43.3 Å². The summed E-state index contributed by atoms with van der Waals surface area (Å²) < 4.78 is 0. The van der Waals surface area contributed by atoms with E-state index in [1.54, 1.807) is 12.4 Å². The van der Waals surface area contributed by atoms with Crippen molar-refractivity contribution in [2.75, 3.05) is 5.43 Å². The second kappa shape index (κ2) is 5.46. The maximum atomic E-state index is 5.83. The van der Waals surface area contributed by atoms with Gasteiger partial charge in [0.1, 0.15) is 0 Å². The molecule has 0 saturated carbocycles. The highest BCUT2D eigenvalue weighted by atomic mass is 35.5. The van der Waals surface area contributed by atoms with Gasteiger partial charge in [0.15, 0.2) is 0 Å². The van der Waals surface area contributed by atoms with E-state index in [0.717, 1.165) is 22.0 Å². The highest BCUT2D eigenvalue weighted by Crippen LogP contribution is 2.11. The molecule has 1 aromatic carbocycles. The van der Waals surface area contributed by atoms with Crippen molar-refractivity contribution in [1.82, 2.24) is 4.98 Å². The Morgan fingerprint density at radius 2 is 1.76 bits per heavy atom. The van der Waals surface area contributed by atoms with Crippen molar-refractivity contribution >= 4 is 23.0 Å². The van der Waals surface area contributed by atoms with E-state index in [1.165, 1.54) is 0 Å². The molecule has 2 aromatic rings. The molecule has 0 atom stereocenters. The normalized spacial score (nSPS) is 11.3. The summed E-state index contributed by atoms with van der Waals surface area (Å²) in [5.74, 6) is 0. The number of nitrogens with one attached hydrogen (secondary N) is 1. The number of aromatic nitrogens is 1. The molecule has 3 nitrogen and oxygen atoms in total. The van der Waals surface area contributed by atoms with Gasteiger partial charge in [0.25, 0.3) is 0 Å². The predicted octanol–water partition coefficient (Wildman–Crippen LogP) is 3.57. The molecule has 4 heteroatoms. The third-order valence-electron chi connectivity index (χ3n) is 2.30. The Hall–Kier alpha value is -1.87. The molecule has 0 spiro atoms. The van der Waals surface area contributed by atoms with E-state index in [4.69, 9.17) is 11.6 Å². The van der Waals surface area contributed by atoms with Gasteiger partial charge in [-0.1, -0.05) is 23.7 Å². The lowest BCUT2D eigenvalue weighted by molar-refractivity contribution is 1.27. The molecule has 0 saturated heterocycles. The Kier molecular flexibility index (Phi) is 3.73. The van der Waals surface area contributed by atoms with Gasteiger partial charge in [0.05, 0.1) is 11.4 Å². The predicted molar refractivity (Wildman–Crippen MR) is 71.5 cm³/mol. The highest BCUT2D eigenvalue weighted by Gasteiger charge is 1.97. The number of anilines is 1. The van der Waals surface area contributed by atoms with Gasteiger partial charge in [-0.25, -0.2) is 0 Å². The van der Waals surface area contributed by atoms with Gasteiger partial charge in [0.2, 0.25) is 0 Å². The molecule has 1 aromatic heterocycles. The third kappa shape index (κ3) is 3.29. The second-order valence-corrected chi connectivity index (χ2v) is 3.99. The lowest BCUT2D eigenvalue weighted by Gasteiger charge is -2.03. The summed E-state index contributed by atoms with van der Waals surface area (Å²) in [5, 5.41) is 5.02. The van der Waals surface area contributed by atoms with Crippen LogP contribution in [0.3, 0.4) is 0 Å². The van der Waals surface area contributed by atoms with Crippen LogP contribution in [0.2, 0.25) is 5.02 Å². The van der Waals surface area contributed by atoms with Crippen LogP contribution in [0.1, 0.15) is 12.5 Å². The molecule has 86 valence electrons. The zero-order chi connectivity index (χ0) is 12.1. The van der Waals surface area contributed by atoms with Gasteiger partial charge in [-0.05, 0) is 36.8 Å². The van der Waals surface area contributed by atoms with Crippen LogP contribution in [0.25, 0.3) is 0 Å². The topological polar surface area (TPSA) is 37.3 Å². The molecule has 0 radical (unpaired) electrons. The van der Waals surface area contributed by atoms with E-state index in [2.05, 4.69) is 15.5 Å². The summed E-state index contributed by atoms with van der Waals surface area (Å²) in [4.78, 5) is 3.94. The number of benzene rings is 1. The van der Waals surface area contributed by atoms with Crippen molar-refractivity contribution in [3.05, 3.63) is 59.4 Å². The van der Waals surface area contributed by atoms with E-state index in [9.17, 15) is 0 Å². The van der Waals surface area contributed by atoms with Gasteiger partial charge in [0, 0.05) is 17.4 Å². The van der Waals surface area contributed by atoms with Crippen LogP contribution in [-0.4, -0.2) is 10.7 Å². The number of halogens is 1. The van der Waals surface area contributed by atoms with Gasteiger partial charge < -0.3 is 0 Å². The summed E-state index contributed by atoms with van der Waals surface area (Å²) in [6.07, 6.45) is 3.44. The van der Waals surface area contributed by atoms with Crippen molar-refractivity contribution in [2.24, 2.45) is 5.10 Å². The fourth-order valence-electron chi connectivity index (χ4n) is 1.33. The van der Waals surface area contributed by atoms with Crippen LogP contribution in [-0.2, 0) is 0 Å². The highest BCUT2D eigenvalue weighted by molar-refractivity contribution is 6.30. The van der Waals surface area contributed by atoms with Gasteiger partial charge in [-0.2, -0.15) is 5.10 Å². The lowest BCUT2D eigenvalue weighted by atomic mass is 10.1. The number of nitrogens with zero attached hydrogens (tertiary/aromatic N) is 2. The third-order valence-corrected chi connectivity index (χ3v) is 2.55. The smallest absolute Gasteiger partial charge is 0.0648 e. The van der Waals surface area contributed by atoms with E-state index >= 15 is 0 Å². The monoisotopic (exact) mass is 245 g/mol. The summed E-state index contributed by atoms with van der Waals surface area (Å²) in [7, 11) is 0. The molecular formula is C13H12ClN3. The van der Waals surface area contributed by atoms with E-state index in [0.29, 0.717) is 0 Å². The molecule has 0 bridgehead atoms. The first-order valence-electron chi connectivity index (χ1n) is 5.22. The first-order chi connectivity index (χ1) is 8.25. The average Bonchev–Trinajstić information content (AvgIpc) is 2.38. The molecular weight excluding hydrogens is 234 g/mol. The zero-order valence-corrected chi connectivity index (χ0v) is 10.1. The van der Waals surface area contributed by atoms with Crippen LogP contribution in [0.5, 0.6) is 0 Å². The van der Waals surface area contributed by atoms with Gasteiger partial charge in [-0.3, -0.25) is 10.4 Å². The molecule has 0 aliphatic heterocycles. The summed E-state index contributed by atoms with van der Waals surface area (Å²) >= 11 is 5.83. The molecule has 0 fully saturated rings. The Morgan fingerprint density at radius 1 is 1.12 bits per heavy atom. The Labute approximate surface area is 105 Å². The van der Waals surface area contributed by atoms with Crippen molar-refractivity contribution in [1.29, 1.82) is 0 Å². The first-order valence-corrected chi connectivity index (χ1v) is 5.60. The van der Waals surface area contributed by atoms with E-state index in [-0.39, 0.29) is 0 Å².